The summed E-state index contributed by atoms with van der Waals surface area (Å²) < 4.78 is 61.4. The molecule has 1 aromatic rings. The molecule has 0 aliphatic carbocycles. The van der Waals surface area contributed by atoms with Gasteiger partial charge in [0, 0.05) is 25.3 Å². The Balaban J connectivity index is 1.92. The fourth-order valence-corrected chi connectivity index (χ4v) is 3.06. The third kappa shape index (κ3) is 4.31. The fraction of sp³-hybridized carbons (Fsp3) is 0.583. The quantitative estimate of drug-likeness (QED) is 0.923. The number of piperidine rings is 1. The molecule has 1 aromatic heterocycles. The average Bonchev–Trinajstić information content (AvgIpc) is 2.38. The lowest BCUT2D eigenvalue weighted by Gasteiger charge is -2.30. The van der Waals surface area contributed by atoms with Crippen LogP contribution < -0.4 is 5.32 Å². The summed E-state index contributed by atoms with van der Waals surface area (Å²) in [5.41, 5.74) is -0.792. The number of nitrogens with one attached hydrogen (secondary N) is 1. The third-order valence-electron chi connectivity index (χ3n) is 3.37. The van der Waals surface area contributed by atoms with Gasteiger partial charge in [-0.15, -0.1) is 0 Å². The van der Waals surface area contributed by atoms with Crippen molar-refractivity contribution in [3.8, 4) is 0 Å². The van der Waals surface area contributed by atoms with Crippen molar-refractivity contribution in [1.29, 1.82) is 0 Å². The number of sulfonamides is 1. The SMILES string of the molecule is CS(=O)(=O)N1CCC(Nc2ccc(C(F)(F)F)cn2)CC1. The first kappa shape index (κ1) is 16.0. The van der Waals surface area contributed by atoms with E-state index in [1.165, 1.54) is 10.4 Å². The van der Waals surface area contributed by atoms with Crippen LogP contribution in [0.2, 0.25) is 0 Å². The molecule has 1 aliphatic heterocycles. The molecule has 0 spiro atoms. The molecule has 1 aliphatic rings. The summed E-state index contributed by atoms with van der Waals surface area (Å²) >= 11 is 0. The predicted octanol–water partition coefficient (Wildman–Crippen LogP) is 1.94. The first-order valence-corrected chi connectivity index (χ1v) is 8.26. The Labute approximate surface area is 121 Å². The molecule has 0 aromatic carbocycles. The Kier molecular flexibility index (Phi) is 4.43. The van der Waals surface area contributed by atoms with Crippen molar-refractivity contribution < 1.29 is 21.6 Å². The highest BCUT2D eigenvalue weighted by Crippen LogP contribution is 2.29. The highest BCUT2D eigenvalue weighted by Gasteiger charge is 2.31. The minimum atomic E-state index is -4.40. The second kappa shape index (κ2) is 5.80. The number of pyridine rings is 1. The lowest BCUT2D eigenvalue weighted by atomic mass is 10.1. The Morgan fingerprint density at radius 1 is 1.29 bits per heavy atom. The van der Waals surface area contributed by atoms with Crippen LogP contribution in [-0.2, 0) is 16.2 Å². The molecule has 1 N–H and O–H groups in total. The van der Waals surface area contributed by atoms with Gasteiger partial charge in [0.25, 0.3) is 0 Å². The van der Waals surface area contributed by atoms with Crippen molar-refractivity contribution in [2.75, 3.05) is 24.7 Å². The van der Waals surface area contributed by atoms with Gasteiger partial charge < -0.3 is 5.32 Å². The molecule has 0 unspecified atom stereocenters. The molecule has 21 heavy (non-hydrogen) atoms. The van der Waals surface area contributed by atoms with Crippen LogP contribution in [0.25, 0.3) is 0 Å². The molecular formula is C12H16F3N3O2S. The Morgan fingerprint density at radius 3 is 2.33 bits per heavy atom. The summed E-state index contributed by atoms with van der Waals surface area (Å²) in [6.07, 6.45) is -1.26. The molecule has 0 saturated carbocycles. The largest absolute Gasteiger partial charge is 0.417 e. The van der Waals surface area contributed by atoms with E-state index in [0.29, 0.717) is 31.7 Å². The topological polar surface area (TPSA) is 62.3 Å². The smallest absolute Gasteiger partial charge is 0.367 e. The Bertz CT molecular complexity index is 579. The maximum Gasteiger partial charge on any atom is 0.417 e. The lowest BCUT2D eigenvalue weighted by Crippen LogP contribution is -2.41. The second-order valence-electron chi connectivity index (χ2n) is 5.01. The van der Waals surface area contributed by atoms with Crippen LogP contribution in [0.5, 0.6) is 0 Å². The van der Waals surface area contributed by atoms with Crippen molar-refractivity contribution in [2.45, 2.75) is 25.1 Å². The van der Waals surface area contributed by atoms with Crippen LogP contribution in [-0.4, -0.2) is 43.1 Å². The van der Waals surface area contributed by atoms with E-state index in [1.807, 2.05) is 0 Å². The Morgan fingerprint density at radius 2 is 1.90 bits per heavy atom. The summed E-state index contributed by atoms with van der Waals surface area (Å²) in [6, 6.07) is 2.26. The van der Waals surface area contributed by atoms with Crippen LogP contribution in [0.1, 0.15) is 18.4 Å². The Hall–Kier alpha value is -1.35. The number of hydrogen-bond acceptors (Lipinski definition) is 4. The van der Waals surface area contributed by atoms with Gasteiger partial charge in [-0.2, -0.15) is 13.2 Å². The second-order valence-corrected chi connectivity index (χ2v) is 6.99. The lowest BCUT2D eigenvalue weighted by molar-refractivity contribution is -0.137. The average molecular weight is 323 g/mol. The van der Waals surface area contributed by atoms with Gasteiger partial charge in [0.1, 0.15) is 5.82 Å². The van der Waals surface area contributed by atoms with Crippen LogP contribution in [0.15, 0.2) is 18.3 Å². The number of aromatic nitrogens is 1. The molecule has 2 heterocycles. The van der Waals surface area contributed by atoms with Crippen LogP contribution in [0.4, 0.5) is 19.0 Å². The van der Waals surface area contributed by atoms with Gasteiger partial charge in [0.05, 0.1) is 11.8 Å². The van der Waals surface area contributed by atoms with E-state index in [-0.39, 0.29) is 6.04 Å². The number of anilines is 1. The molecule has 1 saturated heterocycles. The third-order valence-corrected chi connectivity index (χ3v) is 4.67. The van der Waals surface area contributed by atoms with E-state index < -0.39 is 21.8 Å². The van der Waals surface area contributed by atoms with Crippen LogP contribution >= 0.6 is 0 Å². The van der Waals surface area contributed by atoms with E-state index in [1.54, 1.807) is 0 Å². The predicted molar refractivity (Wildman–Crippen MR) is 72.3 cm³/mol. The number of nitrogens with zero attached hydrogens (tertiary/aromatic N) is 2. The zero-order chi connectivity index (χ0) is 15.7. The van der Waals surface area contributed by atoms with E-state index in [2.05, 4.69) is 10.3 Å². The van der Waals surface area contributed by atoms with E-state index >= 15 is 0 Å². The maximum absolute atomic E-state index is 12.4. The first-order valence-electron chi connectivity index (χ1n) is 6.41. The van der Waals surface area contributed by atoms with Crippen molar-refractivity contribution in [3.63, 3.8) is 0 Å². The molecule has 5 nitrogen and oxygen atoms in total. The minimum Gasteiger partial charge on any atom is -0.367 e. The fourth-order valence-electron chi connectivity index (χ4n) is 2.19. The van der Waals surface area contributed by atoms with Crippen molar-refractivity contribution in [3.05, 3.63) is 23.9 Å². The van der Waals surface area contributed by atoms with E-state index in [9.17, 15) is 21.6 Å². The minimum absolute atomic E-state index is 0.00670. The van der Waals surface area contributed by atoms with E-state index in [4.69, 9.17) is 0 Å². The molecule has 118 valence electrons. The summed E-state index contributed by atoms with van der Waals surface area (Å²) in [4.78, 5) is 3.74. The van der Waals surface area contributed by atoms with Gasteiger partial charge in [-0.25, -0.2) is 17.7 Å². The summed E-state index contributed by atoms with van der Waals surface area (Å²) in [6.45, 7) is 0.800. The zero-order valence-electron chi connectivity index (χ0n) is 11.4. The van der Waals surface area contributed by atoms with Gasteiger partial charge in [0.2, 0.25) is 10.0 Å². The maximum atomic E-state index is 12.4. The van der Waals surface area contributed by atoms with Crippen molar-refractivity contribution in [2.24, 2.45) is 0 Å². The number of rotatable bonds is 3. The molecule has 0 radical (unpaired) electrons. The molecule has 0 bridgehead atoms. The molecule has 9 heteroatoms. The summed E-state index contributed by atoms with van der Waals surface area (Å²) in [5, 5.41) is 3.03. The highest BCUT2D eigenvalue weighted by atomic mass is 32.2. The van der Waals surface area contributed by atoms with Gasteiger partial charge in [-0.05, 0) is 25.0 Å². The molecule has 0 amide bonds. The number of alkyl halides is 3. The van der Waals surface area contributed by atoms with Crippen molar-refractivity contribution >= 4 is 15.8 Å². The first-order chi connectivity index (χ1) is 9.66. The van der Waals surface area contributed by atoms with Gasteiger partial charge in [-0.3, -0.25) is 0 Å². The number of hydrogen-bond donors (Lipinski definition) is 1. The molecular weight excluding hydrogens is 307 g/mol. The van der Waals surface area contributed by atoms with Crippen LogP contribution in [0.3, 0.4) is 0 Å². The normalized spacial score (nSPS) is 18.7. The molecule has 1 fully saturated rings. The van der Waals surface area contributed by atoms with E-state index in [0.717, 1.165) is 18.5 Å². The summed E-state index contributed by atoms with van der Waals surface area (Å²) in [5.74, 6) is 0.362. The molecule has 0 atom stereocenters. The highest BCUT2D eigenvalue weighted by molar-refractivity contribution is 7.88. The van der Waals surface area contributed by atoms with Gasteiger partial charge >= 0.3 is 6.18 Å². The van der Waals surface area contributed by atoms with Crippen LogP contribution in [0, 0.1) is 0 Å². The zero-order valence-corrected chi connectivity index (χ0v) is 12.2. The molecule has 2 rings (SSSR count). The number of halogens is 3. The standard InChI is InChI=1S/C12H16F3N3O2S/c1-21(19,20)18-6-4-10(5-7-18)17-11-3-2-9(8-16-11)12(13,14)15/h2-3,8,10H,4-7H2,1H3,(H,16,17). The van der Waals surface area contributed by atoms with Crippen molar-refractivity contribution in [1.82, 2.24) is 9.29 Å². The van der Waals surface area contributed by atoms with Gasteiger partial charge in [-0.1, -0.05) is 0 Å². The van der Waals surface area contributed by atoms with Gasteiger partial charge in [0.15, 0.2) is 0 Å². The summed E-state index contributed by atoms with van der Waals surface area (Å²) in [7, 11) is -3.18. The monoisotopic (exact) mass is 323 g/mol.